The zero-order chi connectivity index (χ0) is 15.2. The Morgan fingerprint density at radius 2 is 1.96 bits per heavy atom. The molecule has 2 rings (SSSR count). The topological polar surface area (TPSA) is 35.6 Å². The minimum absolute atomic E-state index is 0. The van der Waals surface area contributed by atoms with E-state index < -0.39 is 0 Å². The van der Waals surface area contributed by atoms with E-state index in [1.165, 1.54) is 12.8 Å². The van der Waals surface area contributed by atoms with Crippen molar-refractivity contribution in [2.45, 2.75) is 52.5 Å². The molecule has 23 heavy (non-hydrogen) atoms. The second-order valence-electron chi connectivity index (χ2n) is 6.79. The van der Waals surface area contributed by atoms with Crippen LogP contribution in [0, 0.1) is 11.8 Å². The van der Waals surface area contributed by atoms with Crippen LogP contribution in [0.4, 0.5) is 0 Å². The van der Waals surface area contributed by atoms with Gasteiger partial charge in [-0.3, -0.25) is 9.69 Å². The van der Waals surface area contributed by atoms with E-state index in [0.29, 0.717) is 23.8 Å². The molecule has 0 aromatic carbocycles. The maximum absolute atomic E-state index is 12.5. The minimum atomic E-state index is 0. The maximum atomic E-state index is 12.5. The molecular formula is C17H35Cl2N3O. The zero-order valence-electron chi connectivity index (χ0n) is 14.9. The lowest BCUT2D eigenvalue weighted by atomic mass is 9.85. The van der Waals surface area contributed by atoms with Crippen molar-refractivity contribution >= 4 is 30.7 Å². The van der Waals surface area contributed by atoms with Crippen molar-refractivity contribution in [3.63, 3.8) is 0 Å². The first-order valence-electron chi connectivity index (χ1n) is 8.88. The molecule has 0 radical (unpaired) electrons. The summed E-state index contributed by atoms with van der Waals surface area (Å²) in [5.74, 6) is 1.57. The molecular weight excluding hydrogens is 333 g/mol. The van der Waals surface area contributed by atoms with Gasteiger partial charge in [0.25, 0.3) is 0 Å². The highest BCUT2D eigenvalue weighted by Gasteiger charge is 2.31. The first-order valence-corrected chi connectivity index (χ1v) is 8.88. The van der Waals surface area contributed by atoms with E-state index in [0.717, 1.165) is 52.1 Å². The van der Waals surface area contributed by atoms with Crippen LogP contribution in [0.15, 0.2) is 0 Å². The Labute approximate surface area is 154 Å². The second kappa shape index (κ2) is 11.5. The third-order valence-electron chi connectivity index (χ3n) is 5.48. The van der Waals surface area contributed by atoms with Gasteiger partial charge in [-0.1, -0.05) is 20.8 Å². The van der Waals surface area contributed by atoms with E-state index in [4.69, 9.17) is 0 Å². The van der Waals surface area contributed by atoms with Crippen molar-refractivity contribution < 1.29 is 4.79 Å². The monoisotopic (exact) mass is 367 g/mol. The van der Waals surface area contributed by atoms with Crippen LogP contribution in [0.1, 0.15) is 46.5 Å². The van der Waals surface area contributed by atoms with Gasteiger partial charge in [-0.15, -0.1) is 24.8 Å². The zero-order valence-corrected chi connectivity index (χ0v) is 16.6. The second-order valence-corrected chi connectivity index (χ2v) is 6.79. The van der Waals surface area contributed by atoms with E-state index in [-0.39, 0.29) is 24.8 Å². The molecule has 0 aromatic heterocycles. The SMILES string of the molecule is CCN(CC)C1CCN(C(=O)CC(C)C2CCCNC2)C1.Cl.Cl. The number of halogens is 2. The molecule has 1 N–H and O–H groups in total. The summed E-state index contributed by atoms with van der Waals surface area (Å²) >= 11 is 0. The Morgan fingerprint density at radius 3 is 2.52 bits per heavy atom. The lowest BCUT2D eigenvalue weighted by Gasteiger charge is -2.29. The van der Waals surface area contributed by atoms with Gasteiger partial charge in [0, 0.05) is 25.6 Å². The fourth-order valence-electron chi connectivity index (χ4n) is 3.94. The summed E-state index contributed by atoms with van der Waals surface area (Å²) in [6.07, 6.45) is 4.42. The van der Waals surface area contributed by atoms with Gasteiger partial charge in [-0.05, 0) is 57.3 Å². The molecule has 2 fully saturated rings. The molecule has 0 saturated carbocycles. The molecule has 0 spiro atoms. The van der Waals surface area contributed by atoms with Crippen LogP contribution < -0.4 is 5.32 Å². The van der Waals surface area contributed by atoms with Gasteiger partial charge >= 0.3 is 0 Å². The summed E-state index contributed by atoms with van der Waals surface area (Å²) < 4.78 is 0. The van der Waals surface area contributed by atoms with E-state index in [1.54, 1.807) is 0 Å². The minimum Gasteiger partial charge on any atom is -0.341 e. The molecule has 0 aliphatic carbocycles. The van der Waals surface area contributed by atoms with Crippen molar-refractivity contribution in [3.8, 4) is 0 Å². The smallest absolute Gasteiger partial charge is 0.222 e. The normalized spacial score (nSPS) is 25.7. The number of likely N-dealkylation sites (tertiary alicyclic amines) is 1. The van der Waals surface area contributed by atoms with E-state index in [9.17, 15) is 4.79 Å². The number of carbonyl (C=O) groups is 1. The van der Waals surface area contributed by atoms with Gasteiger partial charge < -0.3 is 10.2 Å². The third-order valence-corrected chi connectivity index (χ3v) is 5.48. The molecule has 2 aliphatic rings. The average Bonchev–Trinajstić information content (AvgIpc) is 2.99. The first kappa shape index (κ1) is 23.0. The van der Waals surface area contributed by atoms with Crippen LogP contribution in [-0.2, 0) is 4.79 Å². The van der Waals surface area contributed by atoms with E-state index in [2.05, 4.69) is 35.9 Å². The summed E-state index contributed by atoms with van der Waals surface area (Å²) in [4.78, 5) is 17.1. The molecule has 0 aromatic rings. The predicted molar refractivity (Wildman–Crippen MR) is 102 cm³/mol. The predicted octanol–water partition coefficient (Wildman–Crippen LogP) is 2.80. The molecule has 3 unspecified atom stereocenters. The van der Waals surface area contributed by atoms with Gasteiger partial charge in [0.2, 0.25) is 5.91 Å². The fourth-order valence-corrected chi connectivity index (χ4v) is 3.94. The molecule has 3 atom stereocenters. The lowest BCUT2D eigenvalue weighted by molar-refractivity contribution is -0.131. The largest absolute Gasteiger partial charge is 0.341 e. The fraction of sp³-hybridized carbons (Fsp3) is 0.941. The molecule has 138 valence electrons. The highest BCUT2D eigenvalue weighted by atomic mass is 35.5. The molecule has 2 aliphatic heterocycles. The highest BCUT2D eigenvalue weighted by Crippen LogP contribution is 2.24. The van der Waals surface area contributed by atoms with E-state index >= 15 is 0 Å². The summed E-state index contributed by atoms with van der Waals surface area (Å²) in [7, 11) is 0. The van der Waals surface area contributed by atoms with Crippen LogP contribution in [0.25, 0.3) is 0 Å². The Kier molecular flexibility index (Phi) is 11.5. The Balaban J connectivity index is 0.00000242. The van der Waals surface area contributed by atoms with Crippen LogP contribution >= 0.6 is 24.8 Å². The molecule has 0 bridgehead atoms. The van der Waals surface area contributed by atoms with Gasteiger partial charge in [0.15, 0.2) is 0 Å². The van der Waals surface area contributed by atoms with Crippen LogP contribution in [0.2, 0.25) is 0 Å². The number of nitrogens with zero attached hydrogens (tertiary/aromatic N) is 2. The third kappa shape index (κ3) is 6.41. The van der Waals surface area contributed by atoms with Gasteiger partial charge in [0.05, 0.1) is 0 Å². The number of likely N-dealkylation sites (N-methyl/N-ethyl adjacent to an activating group) is 1. The van der Waals surface area contributed by atoms with Crippen molar-refractivity contribution in [3.05, 3.63) is 0 Å². The number of rotatable bonds is 6. The summed E-state index contributed by atoms with van der Waals surface area (Å²) in [6.45, 7) is 13.0. The first-order chi connectivity index (χ1) is 10.2. The van der Waals surface area contributed by atoms with Crippen molar-refractivity contribution in [1.29, 1.82) is 0 Å². The van der Waals surface area contributed by atoms with Gasteiger partial charge in [-0.25, -0.2) is 0 Å². The molecule has 6 heteroatoms. The van der Waals surface area contributed by atoms with Crippen LogP contribution in [0.5, 0.6) is 0 Å². The Hall–Kier alpha value is -0.0300. The maximum Gasteiger partial charge on any atom is 0.222 e. The van der Waals surface area contributed by atoms with Gasteiger partial charge in [0.1, 0.15) is 0 Å². The standard InChI is InChI=1S/C17H33N3O.2ClH/c1-4-19(5-2)16-8-10-20(13-16)17(21)11-14(3)15-7-6-9-18-12-15;;/h14-16,18H,4-13H2,1-3H3;2*1H. The number of nitrogens with one attached hydrogen (secondary N) is 1. The average molecular weight is 368 g/mol. The number of piperidine rings is 1. The quantitative estimate of drug-likeness (QED) is 0.783. The number of amides is 1. The van der Waals surface area contributed by atoms with Crippen molar-refractivity contribution in [2.75, 3.05) is 39.3 Å². The summed E-state index contributed by atoms with van der Waals surface area (Å²) in [5.41, 5.74) is 0. The van der Waals surface area contributed by atoms with Crippen molar-refractivity contribution in [2.24, 2.45) is 11.8 Å². The Bertz CT molecular complexity index is 334. The van der Waals surface area contributed by atoms with Crippen molar-refractivity contribution in [1.82, 2.24) is 15.1 Å². The summed E-state index contributed by atoms with van der Waals surface area (Å²) in [5, 5.41) is 3.46. The molecule has 1 amide bonds. The van der Waals surface area contributed by atoms with E-state index in [1.807, 2.05) is 0 Å². The van der Waals surface area contributed by atoms with Crippen LogP contribution in [0.3, 0.4) is 0 Å². The van der Waals surface area contributed by atoms with Crippen LogP contribution in [-0.4, -0.2) is 61.0 Å². The lowest BCUT2D eigenvalue weighted by Crippen LogP contribution is -2.40. The number of hydrogen-bond acceptors (Lipinski definition) is 3. The summed E-state index contributed by atoms with van der Waals surface area (Å²) in [6, 6.07) is 0.579. The number of carbonyl (C=O) groups excluding carboxylic acids is 1. The Morgan fingerprint density at radius 1 is 1.26 bits per heavy atom. The molecule has 2 heterocycles. The highest BCUT2D eigenvalue weighted by molar-refractivity contribution is 5.85. The number of hydrogen-bond donors (Lipinski definition) is 1. The van der Waals surface area contributed by atoms with Gasteiger partial charge in [-0.2, -0.15) is 0 Å². The molecule has 2 saturated heterocycles. The molecule has 4 nitrogen and oxygen atoms in total.